The quantitative estimate of drug-likeness (QED) is 0.151. The average molecular weight is 774 g/mol. The van der Waals surface area contributed by atoms with Crippen LogP contribution in [-0.4, -0.2) is 19.5 Å². The molecule has 4 aromatic carbocycles. The van der Waals surface area contributed by atoms with Gasteiger partial charge in [-0.2, -0.15) is 22.9 Å². The molecule has 0 atom stereocenters. The van der Waals surface area contributed by atoms with Crippen LogP contribution >= 0.6 is 0 Å². The number of aromatic nitrogens is 4. The third-order valence-electron chi connectivity index (χ3n) is 7.74. The summed E-state index contributed by atoms with van der Waals surface area (Å²) >= 11 is 0. The number of benzene rings is 4. The van der Waals surface area contributed by atoms with Crippen LogP contribution in [0.3, 0.4) is 0 Å². The summed E-state index contributed by atoms with van der Waals surface area (Å²) in [5.41, 5.74) is 6.81. The summed E-state index contributed by atoms with van der Waals surface area (Å²) in [4.78, 5) is 17.9. The van der Waals surface area contributed by atoms with E-state index in [4.69, 9.17) is 9.97 Å². The van der Waals surface area contributed by atoms with Gasteiger partial charge in [0.1, 0.15) is 11.6 Å². The smallest absolute Gasteiger partial charge is 0.409 e. The Morgan fingerprint density at radius 2 is 0.913 bits per heavy atom. The van der Waals surface area contributed by atoms with E-state index in [1.54, 1.807) is 0 Å². The summed E-state index contributed by atoms with van der Waals surface area (Å²) in [6.45, 7) is 0. The summed E-state index contributed by atoms with van der Waals surface area (Å²) < 4.78 is 2.24. The number of hydrogen-bond acceptors (Lipinski definition) is 5. The third kappa shape index (κ3) is 5.33. The second-order valence-electron chi connectivity index (χ2n) is 10.5. The van der Waals surface area contributed by atoms with Crippen LogP contribution in [0.4, 0.5) is 34.4 Å². The summed E-state index contributed by atoms with van der Waals surface area (Å²) in [6.07, 6.45) is 7.27. The van der Waals surface area contributed by atoms with Crippen molar-refractivity contribution >= 4 is 56.2 Å². The van der Waals surface area contributed by atoms with Crippen molar-refractivity contribution < 1.29 is 21.1 Å². The number of pyridine rings is 3. The molecule has 0 aliphatic rings. The van der Waals surface area contributed by atoms with Gasteiger partial charge in [0, 0.05) is 41.8 Å². The molecule has 4 heterocycles. The maximum atomic E-state index is 4.70. The topological polar surface area (TPSA) is 50.1 Å². The minimum absolute atomic E-state index is 0. The van der Waals surface area contributed by atoms with Crippen molar-refractivity contribution in [2.45, 2.75) is 0 Å². The minimum Gasteiger partial charge on any atom is -0.409 e. The molecule has 0 aliphatic carbocycles. The maximum absolute atomic E-state index is 4.70. The first-order chi connectivity index (χ1) is 22.3. The van der Waals surface area contributed by atoms with E-state index < -0.39 is 0 Å². The van der Waals surface area contributed by atoms with Crippen LogP contribution in [0.5, 0.6) is 0 Å². The predicted octanol–water partition coefficient (Wildman–Crippen LogP) is 9.51. The van der Waals surface area contributed by atoms with Crippen LogP contribution in [0.1, 0.15) is 0 Å². The first kappa shape index (κ1) is 29.1. The molecule has 46 heavy (non-hydrogen) atoms. The second kappa shape index (κ2) is 12.8. The Kier molecular flexibility index (Phi) is 8.11. The molecule has 0 saturated heterocycles. The molecule has 0 aliphatic heterocycles. The number of fused-ring (bicyclic) bond motifs is 3. The monoisotopic (exact) mass is 773 g/mol. The van der Waals surface area contributed by atoms with E-state index >= 15 is 0 Å². The number of anilines is 6. The zero-order valence-corrected chi connectivity index (χ0v) is 26.8. The largest absolute Gasteiger partial charge is 2.00 e. The molecule has 0 saturated carbocycles. The Morgan fingerprint density at radius 3 is 1.35 bits per heavy atom. The molecule has 222 valence electrons. The van der Waals surface area contributed by atoms with E-state index in [9.17, 15) is 0 Å². The van der Waals surface area contributed by atoms with Gasteiger partial charge in [-0.25, -0.2) is 9.97 Å². The summed E-state index contributed by atoms with van der Waals surface area (Å²) in [7, 11) is 0. The summed E-state index contributed by atoms with van der Waals surface area (Å²) in [6, 6.07) is 52.6. The molecular weight excluding hydrogens is 748 g/mol. The van der Waals surface area contributed by atoms with Crippen LogP contribution in [-0.2, 0) is 21.1 Å². The molecule has 0 N–H and O–H groups in total. The molecule has 0 radical (unpaired) electrons. The van der Waals surface area contributed by atoms with E-state index in [1.165, 1.54) is 0 Å². The van der Waals surface area contributed by atoms with E-state index in [2.05, 4.69) is 80.0 Å². The Bertz CT molecular complexity index is 1990. The van der Waals surface area contributed by atoms with Crippen molar-refractivity contribution in [3.8, 4) is 5.69 Å². The average Bonchev–Trinajstić information content (AvgIpc) is 3.44. The number of nitrogens with zero attached hydrogens (tertiary/aromatic N) is 6. The Balaban J connectivity index is 0.00000338. The zero-order valence-electron chi connectivity index (χ0n) is 24.5. The van der Waals surface area contributed by atoms with Crippen molar-refractivity contribution in [3.05, 3.63) is 170 Å². The van der Waals surface area contributed by atoms with Crippen molar-refractivity contribution in [1.82, 2.24) is 19.5 Å². The first-order valence-corrected chi connectivity index (χ1v) is 14.7. The molecule has 4 aromatic heterocycles. The molecule has 0 bridgehead atoms. The molecule has 0 spiro atoms. The van der Waals surface area contributed by atoms with Gasteiger partial charge in [0.25, 0.3) is 0 Å². The van der Waals surface area contributed by atoms with Crippen LogP contribution in [0.15, 0.2) is 158 Å². The van der Waals surface area contributed by atoms with Gasteiger partial charge >= 0.3 is 21.1 Å². The third-order valence-corrected chi connectivity index (χ3v) is 7.74. The summed E-state index contributed by atoms with van der Waals surface area (Å²) in [5.74, 6) is 1.62. The van der Waals surface area contributed by atoms with Crippen LogP contribution in [0.2, 0.25) is 0 Å². The fraction of sp³-hybridized carbons (Fsp3) is 0. The molecule has 7 heteroatoms. The molecule has 0 amide bonds. The molecule has 8 rings (SSSR count). The van der Waals surface area contributed by atoms with Gasteiger partial charge in [0.2, 0.25) is 0 Å². The fourth-order valence-corrected chi connectivity index (χ4v) is 5.78. The normalized spacial score (nSPS) is 10.9. The van der Waals surface area contributed by atoms with Crippen molar-refractivity contribution in [2.24, 2.45) is 0 Å². The van der Waals surface area contributed by atoms with E-state index in [1.807, 2.05) is 110 Å². The Labute approximate surface area is 281 Å². The van der Waals surface area contributed by atoms with E-state index in [0.29, 0.717) is 0 Å². The summed E-state index contributed by atoms with van der Waals surface area (Å²) in [5, 5.41) is 1.90. The first-order valence-electron chi connectivity index (χ1n) is 14.7. The van der Waals surface area contributed by atoms with Gasteiger partial charge in [-0.05, 0) is 72.0 Å². The van der Waals surface area contributed by atoms with Crippen molar-refractivity contribution in [2.75, 3.05) is 9.80 Å². The van der Waals surface area contributed by atoms with Gasteiger partial charge in [-0.3, -0.25) is 4.98 Å². The zero-order chi connectivity index (χ0) is 30.0. The van der Waals surface area contributed by atoms with Gasteiger partial charge in [0.15, 0.2) is 0 Å². The van der Waals surface area contributed by atoms with E-state index in [0.717, 1.165) is 61.9 Å². The predicted molar refractivity (Wildman–Crippen MR) is 181 cm³/mol. The molecule has 8 aromatic rings. The number of rotatable bonds is 7. The second-order valence-corrected chi connectivity index (χ2v) is 10.5. The van der Waals surface area contributed by atoms with Gasteiger partial charge in [-0.15, -0.1) is 24.3 Å². The SMILES string of the molecule is [Pt+2].[c-]1c(N(c2ccccc2)c2ccccn2)ccc2c1c1[c-]c(N(c3ccccc3)c3ccccn3)ccc1n2-c1ccncc1. The van der Waals surface area contributed by atoms with Gasteiger partial charge < -0.3 is 14.4 Å². The van der Waals surface area contributed by atoms with Gasteiger partial charge in [-0.1, -0.05) is 59.6 Å². The standard InChI is InChI=1S/C39H26N6.Pt/c1-3-11-29(12-4-1)43(38-15-7-9-23-41-38)32-17-19-36-34(27-32)35-28-33(18-20-37(35)45(36)31-21-25-40-26-22-31)44(30-13-5-2-6-14-30)39-16-8-10-24-42-39;/h1-26H;/q-2;+2. The van der Waals surface area contributed by atoms with Crippen molar-refractivity contribution in [1.29, 1.82) is 0 Å². The minimum atomic E-state index is 0. The molecule has 0 fully saturated rings. The molecule has 0 unspecified atom stereocenters. The maximum Gasteiger partial charge on any atom is 2.00 e. The fourth-order valence-electron chi connectivity index (χ4n) is 5.78. The van der Waals surface area contributed by atoms with Crippen LogP contribution in [0.25, 0.3) is 27.5 Å². The Morgan fingerprint density at radius 1 is 0.457 bits per heavy atom. The van der Waals surface area contributed by atoms with E-state index in [-0.39, 0.29) is 21.1 Å². The van der Waals surface area contributed by atoms with Crippen LogP contribution < -0.4 is 9.80 Å². The number of para-hydroxylation sites is 2. The van der Waals surface area contributed by atoms with Crippen LogP contribution in [0, 0.1) is 12.1 Å². The molecule has 6 nitrogen and oxygen atoms in total. The number of hydrogen-bond donors (Lipinski definition) is 0. The van der Waals surface area contributed by atoms with Gasteiger partial charge in [0.05, 0.1) is 0 Å². The molecular formula is C39H26N6Pt. The Hall–Kier alpha value is -5.58. The van der Waals surface area contributed by atoms with Crippen molar-refractivity contribution in [3.63, 3.8) is 0 Å².